The fourth-order valence-corrected chi connectivity index (χ4v) is 4.57. The van der Waals surface area contributed by atoms with Crippen molar-refractivity contribution in [3.05, 3.63) is 0 Å². The van der Waals surface area contributed by atoms with Crippen molar-refractivity contribution in [3.63, 3.8) is 0 Å². The van der Waals surface area contributed by atoms with Gasteiger partial charge in [0, 0.05) is 12.0 Å². The molecule has 3 aliphatic rings. The van der Waals surface area contributed by atoms with Gasteiger partial charge in [-0.3, -0.25) is 4.79 Å². The average molecular weight is 263 g/mol. The van der Waals surface area contributed by atoms with E-state index < -0.39 is 0 Å². The van der Waals surface area contributed by atoms with Gasteiger partial charge in [-0.15, -0.1) is 0 Å². The monoisotopic (exact) mass is 263 g/mol. The lowest BCUT2D eigenvalue weighted by Gasteiger charge is -2.41. The Morgan fingerprint density at radius 1 is 1.00 bits per heavy atom. The van der Waals surface area contributed by atoms with Crippen LogP contribution in [0.5, 0.6) is 0 Å². The molecule has 0 saturated heterocycles. The molecule has 0 aromatic carbocycles. The Bertz CT molecular complexity index is 347. The molecule has 1 N–H and O–H groups in total. The molecule has 0 bridgehead atoms. The predicted molar refractivity (Wildman–Crippen MR) is 77.7 cm³/mol. The molecule has 3 fully saturated rings. The van der Waals surface area contributed by atoms with Crippen LogP contribution in [0.1, 0.15) is 65.7 Å². The highest BCUT2D eigenvalue weighted by atomic mass is 16.2. The summed E-state index contributed by atoms with van der Waals surface area (Å²) in [6.45, 7) is 6.98. The van der Waals surface area contributed by atoms with E-state index in [0.29, 0.717) is 29.2 Å². The number of nitrogens with one attached hydrogen (secondary N) is 1. The molecule has 2 nitrogen and oxygen atoms in total. The maximum Gasteiger partial charge on any atom is 0.223 e. The zero-order valence-corrected chi connectivity index (χ0v) is 12.7. The predicted octanol–water partition coefficient (Wildman–Crippen LogP) is 3.75. The Kier molecular flexibility index (Phi) is 3.39. The molecule has 4 unspecified atom stereocenters. The third-order valence-corrected chi connectivity index (χ3v) is 5.82. The van der Waals surface area contributed by atoms with Crippen LogP contribution in [0.4, 0.5) is 0 Å². The number of hydrogen-bond donors (Lipinski definition) is 1. The average Bonchev–Trinajstić information content (AvgIpc) is 2.95. The lowest BCUT2D eigenvalue weighted by atomic mass is 9.69. The zero-order chi connectivity index (χ0) is 13.6. The quantitative estimate of drug-likeness (QED) is 0.807. The summed E-state index contributed by atoms with van der Waals surface area (Å²) >= 11 is 0. The molecule has 4 atom stereocenters. The molecule has 3 rings (SSSR count). The number of amides is 1. The van der Waals surface area contributed by atoms with E-state index in [1.165, 1.54) is 44.9 Å². The molecule has 0 heterocycles. The summed E-state index contributed by atoms with van der Waals surface area (Å²) in [5.41, 5.74) is 0.316. The zero-order valence-electron chi connectivity index (χ0n) is 12.7. The molecule has 3 saturated carbocycles. The second-order valence-corrected chi connectivity index (χ2v) is 8.30. The van der Waals surface area contributed by atoms with Crippen molar-refractivity contribution < 1.29 is 4.79 Å². The minimum absolute atomic E-state index is 0.316. The summed E-state index contributed by atoms with van der Waals surface area (Å²) < 4.78 is 0. The van der Waals surface area contributed by atoms with Crippen LogP contribution >= 0.6 is 0 Å². The van der Waals surface area contributed by atoms with Crippen LogP contribution in [0.15, 0.2) is 0 Å². The molecule has 0 aliphatic heterocycles. The SMILES string of the molecule is CC(C)(C)C1CCCCC1NC(=O)C1CC2CC2C1. The molecular weight excluding hydrogens is 234 g/mol. The largest absolute Gasteiger partial charge is 0.353 e. The van der Waals surface area contributed by atoms with Gasteiger partial charge in [0.05, 0.1) is 0 Å². The van der Waals surface area contributed by atoms with E-state index in [4.69, 9.17) is 0 Å². The smallest absolute Gasteiger partial charge is 0.223 e. The van der Waals surface area contributed by atoms with Crippen LogP contribution in [0.3, 0.4) is 0 Å². The minimum atomic E-state index is 0.316. The number of carbonyl (C=O) groups excluding carboxylic acids is 1. The third kappa shape index (κ3) is 2.83. The Labute approximate surface area is 117 Å². The summed E-state index contributed by atoms with van der Waals surface area (Å²) in [6, 6.07) is 0.429. The van der Waals surface area contributed by atoms with Gasteiger partial charge in [-0.2, -0.15) is 0 Å². The first-order valence-electron chi connectivity index (χ1n) is 8.25. The van der Waals surface area contributed by atoms with Gasteiger partial charge >= 0.3 is 0 Å². The second kappa shape index (κ2) is 4.79. The summed E-state index contributed by atoms with van der Waals surface area (Å²) in [6.07, 6.45) is 8.83. The fraction of sp³-hybridized carbons (Fsp3) is 0.941. The van der Waals surface area contributed by atoms with Crippen LogP contribution in [0.2, 0.25) is 0 Å². The van der Waals surface area contributed by atoms with Crippen LogP contribution in [-0.2, 0) is 4.79 Å². The molecule has 108 valence electrons. The van der Waals surface area contributed by atoms with E-state index in [2.05, 4.69) is 26.1 Å². The highest BCUT2D eigenvalue weighted by molar-refractivity contribution is 5.79. The highest BCUT2D eigenvalue weighted by Gasteiger charge is 2.48. The fourth-order valence-electron chi connectivity index (χ4n) is 4.57. The van der Waals surface area contributed by atoms with E-state index in [1.807, 2.05) is 0 Å². The molecule has 2 heteroatoms. The van der Waals surface area contributed by atoms with Crippen molar-refractivity contribution in [1.82, 2.24) is 5.32 Å². The standard InChI is InChI=1S/C17H29NO/c1-17(2,3)14-6-4-5-7-15(14)18-16(19)13-9-11-8-12(11)10-13/h11-15H,4-10H2,1-3H3,(H,18,19). The van der Waals surface area contributed by atoms with Gasteiger partial charge in [0.2, 0.25) is 5.91 Å². The molecular formula is C17H29NO. The van der Waals surface area contributed by atoms with Gasteiger partial charge in [-0.1, -0.05) is 33.6 Å². The Balaban J connectivity index is 1.58. The normalized spacial score (nSPS) is 41.7. The molecule has 3 aliphatic carbocycles. The van der Waals surface area contributed by atoms with Crippen molar-refractivity contribution >= 4 is 5.91 Å². The molecule has 19 heavy (non-hydrogen) atoms. The van der Waals surface area contributed by atoms with Crippen LogP contribution in [0, 0.1) is 29.1 Å². The van der Waals surface area contributed by atoms with Crippen molar-refractivity contribution in [1.29, 1.82) is 0 Å². The van der Waals surface area contributed by atoms with Gasteiger partial charge in [0.1, 0.15) is 0 Å². The summed E-state index contributed by atoms with van der Waals surface area (Å²) in [7, 11) is 0. The topological polar surface area (TPSA) is 29.1 Å². The minimum Gasteiger partial charge on any atom is -0.353 e. The van der Waals surface area contributed by atoms with Crippen LogP contribution in [0.25, 0.3) is 0 Å². The first-order chi connectivity index (χ1) is 8.95. The lowest BCUT2D eigenvalue weighted by molar-refractivity contribution is -0.126. The molecule has 1 amide bonds. The first-order valence-corrected chi connectivity index (χ1v) is 8.25. The lowest BCUT2D eigenvalue weighted by Crippen LogP contribution is -2.48. The molecule has 0 aromatic heterocycles. The van der Waals surface area contributed by atoms with E-state index in [-0.39, 0.29) is 0 Å². The number of fused-ring (bicyclic) bond motifs is 1. The van der Waals surface area contributed by atoms with Crippen molar-refractivity contribution in [2.45, 2.75) is 71.8 Å². The van der Waals surface area contributed by atoms with E-state index >= 15 is 0 Å². The Morgan fingerprint density at radius 3 is 2.26 bits per heavy atom. The first kappa shape index (κ1) is 13.5. The maximum absolute atomic E-state index is 12.4. The second-order valence-electron chi connectivity index (χ2n) is 8.30. The summed E-state index contributed by atoms with van der Waals surface area (Å²) in [5, 5.41) is 3.42. The van der Waals surface area contributed by atoms with Crippen LogP contribution in [-0.4, -0.2) is 11.9 Å². The number of carbonyl (C=O) groups is 1. The Morgan fingerprint density at radius 2 is 1.63 bits per heavy atom. The maximum atomic E-state index is 12.4. The van der Waals surface area contributed by atoms with Gasteiger partial charge in [-0.05, 0) is 55.3 Å². The highest BCUT2D eigenvalue weighted by Crippen LogP contribution is 2.54. The van der Waals surface area contributed by atoms with E-state index in [9.17, 15) is 4.79 Å². The molecule has 0 radical (unpaired) electrons. The third-order valence-electron chi connectivity index (χ3n) is 5.82. The Hall–Kier alpha value is -0.530. The van der Waals surface area contributed by atoms with Gasteiger partial charge < -0.3 is 5.32 Å². The molecule has 0 aromatic rings. The van der Waals surface area contributed by atoms with Gasteiger partial charge in [-0.25, -0.2) is 0 Å². The van der Waals surface area contributed by atoms with Gasteiger partial charge in [0.25, 0.3) is 0 Å². The number of hydrogen-bond acceptors (Lipinski definition) is 1. The van der Waals surface area contributed by atoms with Gasteiger partial charge in [0.15, 0.2) is 0 Å². The van der Waals surface area contributed by atoms with Crippen molar-refractivity contribution in [2.24, 2.45) is 29.1 Å². The van der Waals surface area contributed by atoms with Crippen LogP contribution < -0.4 is 5.32 Å². The van der Waals surface area contributed by atoms with E-state index in [1.54, 1.807) is 0 Å². The summed E-state index contributed by atoms with van der Waals surface area (Å²) in [4.78, 5) is 12.4. The van der Waals surface area contributed by atoms with Crippen molar-refractivity contribution in [3.8, 4) is 0 Å². The summed E-state index contributed by atoms with van der Waals surface area (Å²) in [5.74, 6) is 3.17. The number of rotatable bonds is 2. The molecule has 0 spiro atoms. The van der Waals surface area contributed by atoms with E-state index in [0.717, 1.165) is 11.8 Å². The van der Waals surface area contributed by atoms with Crippen molar-refractivity contribution in [2.75, 3.05) is 0 Å².